The molecule has 1 atom stereocenters. The van der Waals surface area contributed by atoms with E-state index in [1.54, 1.807) is 4.90 Å². The molecule has 3 N–H and O–H groups in total. The molecule has 1 heterocycles. The fourth-order valence-electron chi connectivity index (χ4n) is 3.45. The Morgan fingerprint density at radius 1 is 1.25 bits per heavy atom. The van der Waals surface area contributed by atoms with Crippen molar-refractivity contribution in [2.45, 2.75) is 71.1 Å². The number of amides is 2. The Hall–Kier alpha value is -1.92. The van der Waals surface area contributed by atoms with Crippen molar-refractivity contribution >= 4 is 11.8 Å². The molecule has 1 aromatic rings. The van der Waals surface area contributed by atoms with Crippen LogP contribution in [-0.4, -0.2) is 52.6 Å². The number of carbonyl (C=O) groups excluding carboxylic acids is 2. The summed E-state index contributed by atoms with van der Waals surface area (Å²) in [4.78, 5) is 26.5. The molecule has 0 aromatic heterocycles. The third-order valence-corrected chi connectivity index (χ3v) is 4.94. The largest absolute Gasteiger partial charge is 0.379 e. The molecule has 156 valence electrons. The van der Waals surface area contributed by atoms with Crippen LogP contribution in [0.25, 0.3) is 0 Å². The summed E-state index contributed by atoms with van der Waals surface area (Å²) >= 11 is 0. The first-order chi connectivity index (χ1) is 13.0. The molecule has 0 aliphatic carbocycles. The van der Waals surface area contributed by atoms with Gasteiger partial charge in [0, 0.05) is 25.2 Å². The van der Waals surface area contributed by atoms with Crippen LogP contribution >= 0.6 is 0 Å². The first-order valence-electron chi connectivity index (χ1n) is 10.1. The predicted molar refractivity (Wildman–Crippen MR) is 111 cm³/mol. The van der Waals surface area contributed by atoms with Crippen molar-refractivity contribution in [3.05, 3.63) is 35.4 Å². The molecule has 2 amide bonds. The van der Waals surface area contributed by atoms with E-state index in [0.29, 0.717) is 25.4 Å². The molecule has 6 heteroatoms. The van der Waals surface area contributed by atoms with Crippen LogP contribution in [0.5, 0.6) is 0 Å². The Balaban J connectivity index is 1.92. The molecule has 0 radical (unpaired) electrons. The highest BCUT2D eigenvalue weighted by molar-refractivity contribution is 5.86. The summed E-state index contributed by atoms with van der Waals surface area (Å²) in [6.07, 6.45) is 1.14. The van der Waals surface area contributed by atoms with Crippen molar-refractivity contribution in [1.82, 2.24) is 15.5 Å². The van der Waals surface area contributed by atoms with Gasteiger partial charge in [-0.2, -0.15) is 0 Å². The lowest BCUT2D eigenvalue weighted by molar-refractivity contribution is -0.157. The van der Waals surface area contributed by atoms with Gasteiger partial charge in [-0.05, 0) is 50.7 Å². The second-order valence-electron chi connectivity index (χ2n) is 9.16. The van der Waals surface area contributed by atoms with Gasteiger partial charge in [-0.25, -0.2) is 0 Å². The van der Waals surface area contributed by atoms with Crippen molar-refractivity contribution < 1.29 is 14.7 Å². The lowest BCUT2D eigenvalue weighted by atomic mass is 9.91. The standard InChI is InChI=1S/C22H35N3O3/c1-16(2)18-9-7-17(8-10-18)14-25-12-6-11-22(28,20(25)27)15-23-13-19(26)24-21(3,4)5/h7-10,16,23,28H,6,11-15H2,1-5H3,(H,24,26). The van der Waals surface area contributed by atoms with E-state index in [4.69, 9.17) is 0 Å². The third-order valence-electron chi connectivity index (χ3n) is 4.94. The number of hydrogen-bond donors (Lipinski definition) is 3. The average Bonchev–Trinajstić information content (AvgIpc) is 2.58. The fraction of sp³-hybridized carbons (Fsp3) is 0.636. The average molecular weight is 390 g/mol. The maximum absolute atomic E-state index is 12.9. The summed E-state index contributed by atoms with van der Waals surface area (Å²) in [5, 5.41) is 16.7. The summed E-state index contributed by atoms with van der Waals surface area (Å²) in [7, 11) is 0. The van der Waals surface area contributed by atoms with Crippen LogP contribution in [0.15, 0.2) is 24.3 Å². The van der Waals surface area contributed by atoms with Gasteiger partial charge in [0.1, 0.15) is 0 Å². The predicted octanol–water partition coefficient (Wildman–Crippen LogP) is 2.17. The number of carbonyl (C=O) groups is 2. The van der Waals surface area contributed by atoms with E-state index < -0.39 is 5.60 Å². The highest BCUT2D eigenvalue weighted by atomic mass is 16.3. The van der Waals surface area contributed by atoms with E-state index in [-0.39, 0.29) is 30.4 Å². The zero-order chi connectivity index (χ0) is 20.9. The zero-order valence-electron chi connectivity index (χ0n) is 17.8. The number of benzene rings is 1. The van der Waals surface area contributed by atoms with Gasteiger partial charge in [-0.3, -0.25) is 9.59 Å². The van der Waals surface area contributed by atoms with Crippen LogP contribution in [0.4, 0.5) is 0 Å². The van der Waals surface area contributed by atoms with E-state index in [1.165, 1.54) is 5.56 Å². The van der Waals surface area contributed by atoms with Crippen LogP contribution < -0.4 is 10.6 Å². The number of rotatable bonds is 7. The van der Waals surface area contributed by atoms with Gasteiger partial charge >= 0.3 is 0 Å². The normalized spacial score (nSPS) is 20.5. The minimum atomic E-state index is -1.46. The van der Waals surface area contributed by atoms with Crippen LogP contribution in [-0.2, 0) is 16.1 Å². The van der Waals surface area contributed by atoms with Crippen LogP contribution in [0.3, 0.4) is 0 Å². The first-order valence-corrected chi connectivity index (χ1v) is 10.1. The molecule has 1 fully saturated rings. The maximum Gasteiger partial charge on any atom is 0.256 e. The van der Waals surface area contributed by atoms with Gasteiger partial charge in [-0.1, -0.05) is 38.1 Å². The maximum atomic E-state index is 12.9. The molecule has 2 rings (SSSR count). The quantitative estimate of drug-likeness (QED) is 0.668. The Morgan fingerprint density at radius 3 is 2.46 bits per heavy atom. The highest BCUT2D eigenvalue weighted by Gasteiger charge is 2.41. The summed E-state index contributed by atoms with van der Waals surface area (Å²) in [5.74, 6) is 0.0502. The Morgan fingerprint density at radius 2 is 1.89 bits per heavy atom. The topological polar surface area (TPSA) is 81.7 Å². The van der Waals surface area contributed by atoms with Crippen LogP contribution in [0.1, 0.15) is 64.5 Å². The zero-order valence-corrected chi connectivity index (χ0v) is 17.8. The van der Waals surface area contributed by atoms with Crippen molar-refractivity contribution in [3.8, 4) is 0 Å². The minimum Gasteiger partial charge on any atom is -0.379 e. The molecule has 1 saturated heterocycles. The number of likely N-dealkylation sites (tertiary alicyclic amines) is 1. The number of piperidine rings is 1. The third kappa shape index (κ3) is 6.31. The number of nitrogens with zero attached hydrogens (tertiary/aromatic N) is 1. The number of aliphatic hydroxyl groups is 1. The lowest BCUT2D eigenvalue weighted by Gasteiger charge is -2.38. The van der Waals surface area contributed by atoms with Gasteiger partial charge in [-0.15, -0.1) is 0 Å². The number of hydrogen-bond acceptors (Lipinski definition) is 4. The summed E-state index contributed by atoms with van der Waals surface area (Å²) in [6, 6.07) is 8.28. The monoisotopic (exact) mass is 389 g/mol. The number of nitrogens with one attached hydrogen (secondary N) is 2. The highest BCUT2D eigenvalue weighted by Crippen LogP contribution is 2.24. The lowest BCUT2D eigenvalue weighted by Crippen LogP contribution is -2.58. The van der Waals surface area contributed by atoms with E-state index in [0.717, 1.165) is 12.0 Å². The van der Waals surface area contributed by atoms with Gasteiger partial charge < -0.3 is 20.6 Å². The van der Waals surface area contributed by atoms with E-state index in [9.17, 15) is 14.7 Å². The Labute approximate surface area is 168 Å². The van der Waals surface area contributed by atoms with E-state index >= 15 is 0 Å². The molecule has 28 heavy (non-hydrogen) atoms. The van der Waals surface area contributed by atoms with E-state index in [2.05, 4.69) is 36.6 Å². The van der Waals surface area contributed by atoms with Crippen molar-refractivity contribution in [2.24, 2.45) is 0 Å². The fourth-order valence-corrected chi connectivity index (χ4v) is 3.45. The molecule has 1 aliphatic heterocycles. The minimum absolute atomic E-state index is 0.0729. The second-order valence-corrected chi connectivity index (χ2v) is 9.16. The first kappa shape index (κ1) is 22.4. The van der Waals surface area contributed by atoms with Crippen LogP contribution in [0, 0.1) is 0 Å². The van der Waals surface area contributed by atoms with Crippen molar-refractivity contribution in [1.29, 1.82) is 0 Å². The molecule has 0 saturated carbocycles. The second kappa shape index (κ2) is 9.05. The van der Waals surface area contributed by atoms with Crippen molar-refractivity contribution in [2.75, 3.05) is 19.6 Å². The molecular weight excluding hydrogens is 354 g/mol. The van der Waals surface area contributed by atoms with Gasteiger partial charge in [0.2, 0.25) is 5.91 Å². The van der Waals surface area contributed by atoms with Crippen molar-refractivity contribution in [3.63, 3.8) is 0 Å². The molecule has 1 aromatic carbocycles. The molecule has 0 spiro atoms. The Bertz CT molecular complexity index is 679. The van der Waals surface area contributed by atoms with E-state index in [1.807, 2.05) is 32.9 Å². The molecule has 1 aliphatic rings. The molecular formula is C22H35N3O3. The summed E-state index contributed by atoms with van der Waals surface area (Å²) in [5.41, 5.74) is 0.554. The van der Waals surface area contributed by atoms with Crippen LogP contribution in [0.2, 0.25) is 0 Å². The molecule has 0 bridgehead atoms. The molecule has 1 unspecified atom stereocenters. The summed E-state index contributed by atoms with van der Waals surface area (Å²) < 4.78 is 0. The van der Waals surface area contributed by atoms with Gasteiger partial charge in [0.05, 0.1) is 6.54 Å². The van der Waals surface area contributed by atoms with Gasteiger partial charge in [0.15, 0.2) is 5.60 Å². The summed E-state index contributed by atoms with van der Waals surface area (Å²) in [6.45, 7) is 11.3. The SMILES string of the molecule is CC(C)c1ccc(CN2CCCC(O)(CNCC(=O)NC(C)(C)C)C2=O)cc1. The molecule has 6 nitrogen and oxygen atoms in total. The smallest absolute Gasteiger partial charge is 0.256 e. The Kier molecular flexibility index (Phi) is 7.23. The van der Waals surface area contributed by atoms with Gasteiger partial charge in [0.25, 0.3) is 5.91 Å².